The molecule has 0 radical (unpaired) electrons. The van der Waals surface area contributed by atoms with Gasteiger partial charge in [0.2, 0.25) is 5.24 Å². The Morgan fingerprint density at radius 3 is 2.26 bits per heavy atom. The topological polar surface area (TPSA) is 34.1 Å². The van der Waals surface area contributed by atoms with Crippen molar-refractivity contribution in [2.75, 3.05) is 0 Å². The van der Waals surface area contributed by atoms with E-state index in [2.05, 4.69) is 0 Å². The summed E-state index contributed by atoms with van der Waals surface area (Å²) in [7, 11) is 0. The SMILES string of the molecule is O=C(Cl)Cc1cccc(C(=O)c2ccc(Cl)cc2)c1. The Bertz CT molecular complexity index is 618. The van der Waals surface area contributed by atoms with E-state index in [0.29, 0.717) is 16.1 Å². The van der Waals surface area contributed by atoms with Crippen LogP contribution < -0.4 is 0 Å². The molecule has 96 valence electrons. The molecule has 0 aliphatic heterocycles. The molecule has 0 N–H and O–H groups in total. The summed E-state index contributed by atoms with van der Waals surface area (Å²) >= 11 is 11.1. The van der Waals surface area contributed by atoms with Crippen LogP contribution in [0.5, 0.6) is 0 Å². The lowest BCUT2D eigenvalue weighted by atomic mass is 10.0. The normalized spacial score (nSPS) is 10.2. The van der Waals surface area contributed by atoms with Crippen molar-refractivity contribution >= 4 is 34.2 Å². The van der Waals surface area contributed by atoms with Crippen LogP contribution in [0.25, 0.3) is 0 Å². The van der Waals surface area contributed by atoms with Gasteiger partial charge in [-0.2, -0.15) is 0 Å². The zero-order valence-electron chi connectivity index (χ0n) is 9.90. The molecule has 0 fully saturated rings. The van der Waals surface area contributed by atoms with Gasteiger partial charge in [-0.25, -0.2) is 0 Å². The molecule has 2 aromatic rings. The number of ketones is 1. The summed E-state index contributed by atoms with van der Waals surface area (Å²) in [6.45, 7) is 0. The van der Waals surface area contributed by atoms with E-state index >= 15 is 0 Å². The molecule has 0 heterocycles. The summed E-state index contributed by atoms with van der Waals surface area (Å²) in [5.74, 6) is -0.111. The average molecular weight is 293 g/mol. The van der Waals surface area contributed by atoms with Crippen LogP contribution in [0.1, 0.15) is 21.5 Å². The van der Waals surface area contributed by atoms with Gasteiger partial charge in [0.1, 0.15) is 0 Å². The molecule has 2 aromatic carbocycles. The first-order chi connectivity index (χ1) is 9.06. The zero-order chi connectivity index (χ0) is 13.8. The molecule has 0 aliphatic carbocycles. The van der Waals surface area contributed by atoms with E-state index in [9.17, 15) is 9.59 Å². The minimum Gasteiger partial charge on any atom is -0.289 e. The van der Waals surface area contributed by atoms with Crippen LogP contribution in [0.4, 0.5) is 0 Å². The summed E-state index contributed by atoms with van der Waals surface area (Å²) in [6.07, 6.45) is 0.114. The van der Waals surface area contributed by atoms with Gasteiger partial charge in [0, 0.05) is 22.6 Å². The Morgan fingerprint density at radius 2 is 1.63 bits per heavy atom. The van der Waals surface area contributed by atoms with Gasteiger partial charge < -0.3 is 0 Å². The molecular formula is C15H10Cl2O2. The minimum atomic E-state index is -0.448. The van der Waals surface area contributed by atoms with E-state index in [1.807, 2.05) is 0 Å². The van der Waals surface area contributed by atoms with Gasteiger partial charge in [0.05, 0.1) is 0 Å². The number of hydrogen-bond donors (Lipinski definition) is 0. The molecule has 0 aromatic heterocycles. The quantitative estimate of drug-likeness (QED) is 0.633. The van der Waals surface area contributed by atoms with Crippen molar-refractivity contribution in [2.45, 2.75) is 6.42 Å². The molecule has 19 heavy (non-hydrogen) atoms. The van der Waals surface area contributed by atoms with Crippen LogP contribution in [0.2, 0.25) is 5.02 Å². The number of benzene rings is 2. The van der Waals surface area contributed by atoms with Gasteiger partial charge in [-0.05, 0) is 47.5 Å². The smallest absolute Gasteiger partial charge is 0.226 e. The molecular weight excluding hydrogens is 283 g/mol. The Labute approximate surface area is 121 Å². The van der Waals surface area contributed by atoms with Crippen LogP contribution in [-0.4, -0.2) is 11.0 Å². The standard InChI is InChI=1S/C15H10Cl2O2/c16-13-6-4-11(5-7-13)15(19)12-3-1-2-10(8-12)9-14(17)18/h1-8H,9H2. The summed E-state index contributed by atoms with van der Waals surface area (Å²) < 4.78 is 0. The molecule has 0 bridgehead atoms. The summed E-state index contributed by atoms with van der Waals surface area (Å²) in [4.78, 5) is 23.1. The fraction of sp³-hybridized carbons (Fsp3) is 0.0667. The molecule has 2 rings (SSSR count). The van der Waals surface area contributed by atoms with E-state index in [-0.39, 0.29) is 12.2 Å². The fourth-order valence-electron chi connectivity index (χ4n) is 1.75. The first kappa shape index (κ1) is 13.8. The molecule has 0 spiro atoms. The van der Waals surface area contributed by atoms with Crippen LogP contribution in [0.3, 0.4) is 0 Å². The van der Waals surface area contributed by atoms with E-state index in [4.69, 9.17) is 23.2 Å². The maximum absolute atomic E-state index is 12.2. The van der Waals surface area contributed by atoms with Crippen LogP contribution in [0.15, 0.2) is 48.5 Å². The zero-order valence-corrected chi connectivity index (χ0v) is 11.4. The highest BCUT2D eigenvalue weighted by atomic mass is 35.5. The third kappa shape index (κ3) is 3.66. The third-order valence-electron chi connectivity index (χ3n) is 2.64. The molecule has 2 nitrogen and oxygen atoms in total. The highest BCUT2D eigenvalue weighted by Crippen LogP contribution is 2.15. The van der Waals surface area contributed by atoms with Gasteiger partial charge in [-0.1, -0.05) is 29.8 Å². The summed E-state index contributed by atoms with van der Waals surface area (Å²) in [5, 5.41) is 0.133. The van der Waals surface area contributed by atoms with Crippen molar-refractivity contribution in [1.29, 1.82) is 0 Å². The summed E-state index contributed by atoms with van der Waals surface area (Å²) in [5.41, 5.74) is 1.80. The highest BCUT2D eigenvalue weighted by molar-refractivity contribution is 6.63. The van der Waals surface area contributed by atoms with Gasteiger partial charge in [-0.15, -0.1) is 0 Å². The first-order valence-corrected chi connectivity index (χ1v) is 6.39. The second-order valence-corrected chi connectivity index (χ2v) is 4.93. The average Bonchev–Trinajstić information content (AvgIpc) is 2.38. The predicted octanol–water partition coefficient (Wildman–Crippen LogP) is 3.88. The number of rotatable bonds is 4. The predicted molar refractivity (Wildman–Crippen MR) is 75.9 cm³/mol. The van der Waals surface area contributed by atoms with Crippen molar-refractivity contribution in [3.05, 3.63) is 70.2 Å². The Kier molecular flexibility index (Phi) is 4.35. The minimum absolute atomic E-state index is 0.111. The van der Waals surface area contributed by atoms with E-state index in [0.717, 1.165) is 5.56 Å². The maximum atomic E-state index is 12.2. The van der Waals surface area contributed by atoms with Gasteiger partial charge in [-0.3, -0.25) is 9.59 Å². The van der Waals surface area contributed by atoms with Crippen molar-refractivity contribution in [1.82, 2.24) is 0 Å². The van der Waals surface area contributed by atoms with E-state index in [1.165, 1.54) is 0 Å². The number of halogens is 2. The highest BCUT2D eigenvalue weighted by Gasteiger charge is 2.10. The molecule has 0 saturated heterocycles. The van der Waals surface area contributed by atoms with Crippen LogP contribution in [0, 0.1) is 0 Å². The van der Waals surface area contributed by atoms with Crippen molar-refractivity contribution < 1.29 is 9.59 Å². The van der Waals surface area contributed by atoms with E-state index in [1.54, 1.807) is 48.5 Å². The fourth-order valence-corrected chi connectivity index (χ4v) is 2.03. The van der Waals surface area contributed by atoms with Gasteiger partial charge >= 0.3 is 0 Å². The first-order valence-electron chi connectivity index (χ1n) is 5.64. The lowest BCUT2D eigenvalue weighted by Crippen LogP contribution is -2.02. The molecule has 4 heteroatoms. The lowest BCUT2D eigenvalue weighted by molar-refractivity contribution is -0.111. The largest absolute Gasteiger partial charge is 0.289 e. The Balaban J connectivity index is 2.28. The molecule has 0 atom stereocenters. The van der Waals surface area contributed by atoms with Crippen LogP contribution in [-0.2, 0) is 11.2 Å². The van der Waals surface area contributed by atoms with Crippen molar-refractivity contribution in [3.8, 4) is 0 Å². The second kappa shape index (κ2) is 6.00. The molecule has 0 amide bonds. The van der Waals surface area contributed by atoms with Crippen LogP contribution >= 0.6 is 23.2 Å². The van der Waals surface area contributed by atoms with Gasteiger partial charge in [0.15, 0.2) is 5.78 Å². The molecule has 0 unspecified atom stereocenters. The number of carbonyl (C=O) groups excluding carboxylic acids is 2. The van der Waals surface area contributed by atoms with Crippen molar-refractivity contribution in [3.63, 3.8) is 0 Å². The molecule has 0 saturated carbocycles. The monoisotopic (exact) mass is 292 g/mol. The Morgan fingerprint density at radius 1 is 0.947 bits per heavy atom. The lowest BCUT2D eigenvalue weighted by Gasteiger charge is -2.03. The molecule has 0 aliphatic rings. The number of carbonyl (C=O) groups is 2. The maximum Gasteiger partial charge on any atom is 0.226 e. The van der Waals surface area contributed by atoms with E-state index < -0.39 is 5.24 Å². The van der Waals surface area contributed by atoms with Gasteiger partial charge in [0.25, 0.3) is 0 Å². The third-order valence-corrected chi connectivity index (χ3v) is 3.02. The Hall–Kier alpha value is -1.64. The second-order valence-electron chi connectivity index (χ2n) is 4.07. The number of hydrogen-bond acceptors (Lipinski definition) is 2. The van der Waals surface area contributed by atoms with Crippen molar-refractivity contribution in [2.24, 2.45) is 0 Å². The summed E-state index contributed by atoms with van der Waals surface area (Å²) in [6, 6.07) is 13.6.